The summed E-state index contributed by atoms with van der Waals surface area (Å²) in [6.45, 7) is 5.51. The lowest BCUT2D eigenvalue weighted by atomic mass is 9.51. The van der Waals surface area contributed by atoms with Crippen LogP contribution in [0.1, 0.15) is 141 Å². The number of unbranched alkanes of at least 4 members (excludes halogenated alkanes) is 4. The molecule has 4 aliphatic carbocycles. The zero-order valence-corrected chi connectivity index (χ0v) is 32.3. The maximum Gasteiger partial charge on any atom is 0.159 e. The molecule has 5 heteroatoms. The summed E-state index contributed by atoms with van der Waals surface area (Å²) in [5.41, 5.74) is 0.635. The summed E-state index contributed by atoms with van der Waals surface area (Å²) in [4.78, 5) is 0. The minimum absolute atomic E-state index is 0.0344. The first-order valence-electron chi connectivity index (χ1n) is 21.0. The summed E-state index contributed by atoms with van der Waals surface area (Å²) >= 11 is 0. The number of hydrogen-bond acceptors (Lipinski definition) is 1. The third kappa shape index (κ3) is 8.21. The summed E-state index contributed by atoms with van der Waals surface area (Å²) < 4.78 is 64.4. The number of ether oxygens (including phenoxy) is 1. The van der Waals surface area contributed by atoms with Crippen molar-refractivity contribution >= 4 is 0 Å². The Balaban J connectivity index is 1.19. The molecule has 4 aliphatic rings. The smallest absolute Gasteiger partial charge is 0.159 e. The van der Waals surface area contributed by atoms with Crippen LogP contribution < -0.4 is 0 Å². The zero-order chi connectivity index (χ0) is 37.4. The topological polar surface area (TPSA) is 9.23 Å². The van der Waals surface area contributed by atoms with Gasteiger partial charge in [0.25, 0.3) is 0 Å². The van der Waals surface area contributed by atoms with Gasteiger partial charge in [-0.2, -0.15) is 0 Å². The Morgan fingerprint density at radius 1 is 0.509 bits per heavy atom. The van der Waals surface area contributed by atoms with Gasteiger partial charge in [0.2, 0.25) is 0 Å². The molecule has 0 saturated heterocycles. The van der Waals surface area contributed by atoms with Gasteiger partial charge in [-0.05, 0) is 84.7 Å². The molecule has 0 atom stereocenters. The van der Waals surface area contributed by atoms with Crippen LogP contribution >= 0.6 is 0 Å². The van der Waals surface area contributed by atoms with Crippen molar-refractivity contribution in [3.8, 4) is 0 Å². The summed E-state index contributed by atoms with van der Waals surface area (Å²) in [6.07, 6.45) is 38.6. The highest BCUT2D eigenvalue weighted by Crippen LogP contribution is 2.59. The largest absolute Gasteiger partial charge is 0.380 e. The minimum atomic E-state index is -0.805. The first-order valence-corrected chi connectivity index (χ1v) is 21.0. The fourth-order valence-corrected chi connectivity index (χ4v) is 10.7. The molecule has 0 amide bonds. The molecule has 2 fully saturated rings. The van der Waals surface area contributed by atoms with Crippen LogP contribution in [0.3, 0.4) is 0 Å². The summed E-state index contributed by atoms with van der Waals surface area (Å²) in [7, 11) is 0. The summed E-state index contributed by atoms with van der Waals surface area (Å²) in [6, 6.07) is 9.03. The molecule has 0 aliphatic heterocycles. The van der Waals surface area contributed by atoms with E-state index in [1.807, 2.05) is 0 Å². The second-order valence-corrected chi connectivity index (χ2v) is 16.9. The lowest BCUT2D eigenvalue weighted by molar-refractivity contribution is 0.0921. The SMILES string of the molecule is CCCCCC1(C2(c3ccc(F)c(F)c3)C=CC(COCC3C=CC(c4ccc(F)c(F)c4)(C4(CCCCC)CCCCC4)C=C3)C=C2)CCCCC1. The molecular formula is C48H62F4O. The standard InChI is InChI=1S/C48H62F4O/c1-3-5-9-23-45(25-11-7-12-26-45)47(39-15-17-41(49)43(51)33-39)29-19-37(20-30-47)35-53-36-38-21-31-48(32-22-38,40-16-18-42(50)44(52)34-40)46(24-10-6-4-2)27-13-8-14-28-46/h15-22,29-34,37-38H,3-14,23-28,35-36H2,1-2H3. The number of benzene rings is 2. The molecule has 6 rings (SSSR count). The lowest BCUT2D eigenvalue weighted by Crippen LogP contribution is -2.46. The first-order chi connectivity index (χ1) is 25.7. The molecule has 288 valence electrons. The van der Waals surface area contributed by atoms with E-state index < -0.39 is 34.1 Å². The monoisotopic (exact) mass is 730 g/mol. The van der Waals surface area contributed by atoms with E-state index in [1.54, 1.807) is 12.1 Å². The van der Waals surface area contributed by atoms with Crippen LogP contribution in [-0.2, 0) is 15.6 Å². The van der Waals surface area contributed by atoms with E-state index in [0.717, 1.165) is 101 Å². The Morgan fingerprint density at radius 3 is 1.23 bits per heavy atom. The van der Waals surface area contributed by atoms with Crippen molar-refractivity contribution in [2.45, 2.75) is 140 Å². The fraction of sp³-hybridized carbons (Fsp3) is 0.583. The molecule has 0 unspecified atom stereocenters. The first kappa shape index (κ1) is 39.8. The number of rotatable bonds is 16. The van der Waals surface area contributed by atoms with E-state index in [9.17, 15) is 17.6 Å². The average Bonchev–Trinajstić information content (AvgIpc) is 3.18. The van der Waals surface area contributed by atoms with Gasteiger partial charge in [0.1, 0.15) is 0 Å². The molecule has 0 aromatic heterocycles. The molecule has 2 aromatic rings. The van der Waals surface area contributed by atoms with Gasteiger partial charge in [0.05, 0.1) is 13.2 Å². The normalized spacial score (nSPS) is 27.7. The summed E-state index contributed by atoms with van der Waals surface area (Å²) in [5.74, 6) is -3.03. The van der Waals surface area contributed by atoms with E-state index in [-0.39, 0.29) is 22.7 Å². The third-order valence-electron chi connectivity index (χ3n) is 13.7. The van der Waals surface area contributed by atoms with Crippen molar-refractivity contribution in [1.82, 2.24) is 0 Å². The predicted molar refractivity (Wildman–Crippen MR) is 210 cm³/mol. The van der Waals surface area contributed by atoms with Gasteiger partial charge in [-0.1, -0.05) is 152 Å². The van der Waals surface area contributed by atoms with E-state index in [0.29, 0.717) is 13.2 Å². The second-order valence-electron chi connectivity index (χ2n) is 16.9. The van der Waals surface area contributed by atoms with Crippen molar-refractivity contribution < 1.29 is 22.3 Å². The van der Waals surface area contributed by atoms with Gasteiger partial charge in [0, 0.05) is 22.7 Å². The Kier molecular flexibility index (Phi) is 13.3. The second kappa shape index (κ2) is 17.7. The Morgan fingerprint density at radius 2 is 0.887 bits per heavy atom. The van der Waals surface area contributed by atoms with Crippen LogP contribution in [0.4, 0.5) is 17.6 Å². The maximum absolute atomic E-state index is 14.8. The van der Waals surface area contributed by atoms with Crippen molar-refractivity contribution in [1.29, 1.82) is 0 Å². The number of hydrogen-bond donors (Lipinski definition) is 0. The van der Waals surface area contributed by atoms with E-state index in [4.69, 9.17) is 4.74 Å². The Labute approximate surface area is 317 Å². The van der Waals surface area contributed by atoms with Gasteiger partial charge in [-0.3, -0.25) is 0 Å². The van der Waals surface area contributed by atoms with Crippen LogP contribution in [0.5, 0.6) is 0 Å². The molecule has 0 bridgehead atoms. The Hall–Kier alpha value is -2.92. The Bertz CT molecular complexity index is 1470. The van der Waals surface area contributed by atoms with Gasteiger partial charge < -0.3 is 4.74 Å². The quantitative estimate of drug-likeness (QED) is 0.0949. The minimum Gasteiger partial charge on any atom is -0.380 e. The zero-order valence-electron chi connectivity index (χ0n) is 32.3. The van der Waals surface area contributed by atoms with E-state index in [1.165, 1.54) is 49.9 Å². The summed E-state index contributed by atoms with van der Waals surface area (Å²) in [5, 5.41) is 0. The van der Waals surface area contributed by atoms with Crippen LogP contribution in [0.25, 0.3) is 0 Å². The van der Waals surface area contributed by atoms with Gasteiger partial charge in [-0.25, -0.2) is 17.6 Å². The number of halogens is 4. The van der Waals surface area contributed by atoms with Gasteiger partial charge in [0.15, 0.2) is 23.3 Å². The molecule has 0 N–H and O–H groups in total. The maximum atomic E-state index is 14.8. The van der Waals surface area contributed by atoms with Gasteiger partial charge >= 0.3 is 0 Å². The molecule has 53 heavy (non-hydrogen) atoms. The number of allylic oxidation sites excluding steroid dienone is 4. The van der Waals surface area contributed by atoms with Crippen molar-refractivity contribution in [2.75, 3.05) is 13.2 Å². The molecule has 0 radical (unpaired) electrons. The van der Waals surface area contributed by atoms with E-state index >= 15 is 0 Å². The molecule has 0 heterocycles. The van der Waals surface area contributed by atoms with Crippen LogP contribution in [0.15, 0.2) is 85.0 Å². The molecule has 2 aromatic carbocycles. The van der Waals surface area contributed by atoms with Crippen molar-refractivity contribution in [3.05, 3.63) is 119 Å². The lowest BCUT2D eigenvalue weighted by Gasteiger charge is -2.52. The molecular weight excluding hydrogens is 669 g/mol. The van der Waals surface area contributed by atoms with Crippen LogP contribution in [-0.4, -0.2) is 13.2 Å². The van der Waals surface area contributed by atoms with Gasteiger partial charge in [-0.15, -0.1) is 0 Å². The molecule has 0 spiro atoms. The highest BCUT2D eigenvalue weighted by molar-refractivity contribution is 5.45. The molecule has 1 nitrogen and oxygen atoms in total. The predicted octanol–water partition coefficient (Wildman–Crippen LogP) is 14.0. The van der Waals surface area contributed by atoms with E-state index in [2.05, 4.69) is 62.5 Å². The van der Waals surface area contributed by atoms with Crippen LogP contribution in [0, 0.1) is 45.9 Å². The highest BCUT2D eigenvalue weighted by Gasteiger charge is 2.51. The highest BCUT2D eigenvalue weighted by atomic mass is 19.2. The average molecular weight is 731 g/mol. The van der Waals surface area contributed by atoms with Crippen molar-refractivity contribution in [3.63, 3.8) is 0 Å². The fourth-order valence-electron chi connectivity index (χ4n) is 10.7. The van der Waals surface area contributed by atoms with Crippen molar-refractivity contribution in [2.24, 2.45) is 22.7 Å². The third-order valence-corrected chi connectivity index (χ3v) is 13.7. The van der Waals surface area contributed by atoms with Crippen LogP contribution in [0.2, 0.25) is 0 Å². The molecule has 2 saturated carbocycles.